The van der Waals surface area contributed by atoms with Crippen LogP contribution in [0.1, 0.15) is 17.5 Å². The molecule has 0 aromatic heterocycles. The molecule has 0 aliphatic heterocycles. The summed E-state index contributed by atoms with van der Waals surface area (Å²) >= 11 is 0. The third-order valence-electron chi connectivity index (χ3n) is 2.49. The van der Waals surface area contributed by atoms with Gasteiger partial charge < -0.3 is 10.6 Å². The Morgan fingerprint density at radius 1 is 1.24 bits per heavy atom. The molecule has 0 aliphatic carbocycles. The molecule has 2 nitrogen and oxygen atoms in total. The number of nitrogens with zero attached hydrogens (tertiary/aromatic N) is 1. The fourth-order valence-corrected chi connectivity index (χ4v) is 1.63. The molecule has 0 fully saturated rings. The molecule has 0 atom stereocenters. The van der Waals surface area contributed by atoms with Crippen molar-refractivity contribution in [3.8, 4) is 0 Å². The molecule has 0 unspecified atom stereocenters. The third-order valence-corrected chi connectivity index (χ3v) is 2.49. The monoisotopic (exact) mass is 246 g/mol. The number of aryl methyl sites for hydroxylation is 1. The first-order chi connectivity index (χ1) is 7.80. The Balaban J connectivity index is 2.69. The van der Waals surface area contributed by atoms with Crippen molar-refractivity contribution < 1.29 is 13.2 Å². The molecule has 0 aliphatic rings. The van der Waals surface area contributed by atoms with Gasteiger partial charge in [0.25, 0.3) is 0 Å². The molecule has 0 radical (unpaired) electrons. The molecule has 1 rings (SSSR count). The predicted octanol–water partition coefficient (Wildman–Crippen LogP) is 2.78. The maximum absolute atomic E-state index is 12.5. The summed E-state index contributed by atoms with van der Waals surface area (Å²) in [5.41, 5.74) is 5.30. The van der Waals surface area contributed by atoms with E-state index in [1.54, 1.807) is 0 Å². The van der Waals surface area contributed by atoms with Crippen molar-refractivity contribution in [1.29, 1.82) is 0 Å². The molecule has 0 saturated carbocycles. The Labute approximate surface area is 99.2 Å². The van der Waals surface area contributed by atoms with Gasteiger partial charge in [0.05, 0.1) is 5.56 Å². The summed E-state index contributed by atoms with van der Waals surface area (Å²) in [5.74, 6) is 0. The minimum atomic E-state index is -4.37. The lowest BCUT2D eigenvalue weighted by Crippen LogP contribution is -2.13. The zero-order valence-corrected chi connectivity index (χ0v) is 10.0. The van der Waals surface area contributed by atoms with Gasteiger partial charge >= 0.3 is 6.18 Å². The molecular formula is C12H17F3N2. The zero-order valence-electron chi connectivity index (χ0n) is 10.0. The van der Waals surface area contributed by atoms with E-state index in [9.17, 15) is 13.2 Å². The van der Waals surface area contributed by atoms with Crippen LogP contribution in [0.3, 0.4) is 0 Å². The fourth-order valence-electron chi connectivity index (χ4n) is 1.63. The van der Waals surface area contributed by atoms with Gasteiger partial charge in [-0.3, -0.25) is 0 Å². The Bertz CT molecular complexity index is 373. The predicted molar refractivity (Wildman–Crippen MR) is 62.7 cm³/mol. The molecule has 2 N–H and O–H groups in total. The van der Waals surface area contributed by atoms with Crippen LogP contribution in [0.5, 0.6) is 0 Å². The summed E-state index contributed by atoms with van der Waals surface area (Å²) in [6.45, 7) is 0.904. The van der Waals surface area contributed by atoms with Crippen LogP contribution in [0, 0.1) is 0 Å². The Morgan fingerprint density at radius 2 is 1.88 bits per heavy atom. The largest absolute Gasteiger partial charge is 0.418 e. The van der Waals surface area contributed by atoms with E-state index >= 15 is 0 Å². The van der Waals surface area contributed by atoms with Crippen LogP contribution in [0.2, 0.25) is 0 Å². The van der Waals surface area contributed by atoms with Gasteiger partial charge in [0.2, 0.25) is 0 Å². The molecule has 17 heavy (non-hydrogen) atoms. The second kappa shape index (κ2) is 5.40. The van der Waals surface area contributed by atoms with Crippen molar-refractivity contribution in [2.45, 2.75) is 19.0 Å². The smallest absolute Gasteiger partial charge is 0.398 e. The lowest BCUT2D eigenvalue weighted by Gasteiger charge is -2.12. The highest BCUT2D eigenvalue weighted by molar-refractivity contribution is 5.50. The Kier molecular flexibility index (Phi) is 4.40. The van der Waals surface area contributed by atoms with Crippen LogP contribution < -0.4 is 5.73 Å². The standard InChI is InChI=1S/C12H17F3N2/c1-17(2)7-3-4-9-5-6-10(11(16)8-9)12(13,14)15/h5-6,8H,3-4,7,16H2,1-2H3. The molecule has 0 bridgehead atoms. The van der Waals surface area contributed by atoms with Crippen molar-refractivity contribution >= 4 is 5.69 Å². The normalized spacial score (nSPS) is 12.1. The van der Waals surface area contributed by atoms with E-state index in [4.69, 9.17) is 5.73 Å². The molecule has 1 aromatic carbocycles. The first-order valence-electron chi connectivity index (χ1n) is 5.41. The average Bonchev–Trinajstić information content (AvgIpc) is 2.14. The molecule has 1 aromatic rings. The van der Waals surface area contributed by atoms with Crippen LogP contribution in [-0.4, -0.2) is 25.5 Å². The Morgan fingerprint density at radius 3 is 2.35 bits per heavy atom. The molecular weight excluding hydrogens is 229 g/mol. The summed E-state index contributed by atoms with van der Waals surface area (Å²) in [6, 6.07) is 3.97. The molecule has 96 valence electrons. The molecule has 0 amide bonds. The van der Waals surface area contributed by atoms with E-state index in [1.165, 1.54) is 12.1 Å². The van der Waals surface area contributed by atoms with Gasteiger partial charge in [-0.05, 0) is 51.2 Å². The maximum Gasteiger partial charge on any atom is 0.418 e. The molecule has 0 heterocycles. The molecule has 0 saturated heterocycles. The second-order valence-corrected chi connectivity index (χ2v) is 4.33. The molecule has 0 spiro atoms. The topological polar surface area (TPSA) is 29.3 Å². The number of hydrogen-bond acceptors (Lipinski definition) is 2. The molecule has 5 heteroatoms. The zero-order chi connectivity index (χ0) is 13.1. The number of alkyl halides is 3. The van der Waals surface area contributed by atoms with Gasteiger partial charge in [-0.15, -0.1) is 0 Å². The van der Waals surface area contributed by atoms with Crippen LogP contribution in [0.15, 0.2) is 18.2 Å². The fraction of sp³-hybridized carbons (Fsp3) is 0.500. The van der Waals surface area contributed by atoms with Gasteiger partial charge in [-0.1, -0.05) is 6.07 Å². The highest BCUT2D eigenvalue weighted by Crippen LogP contribution is 2.33. The minimum Gasteiger partial charge on any atom is -0.398 e. The summed E-state index contributed by atoms with van der Waals surface area (Å²) in [6.07, 6.45) is -2.73. The summed E-state index contributed by atoms with van der Waals surface area (Å²) in [7, 11) is 3.92. The summed E-state index contributed by atoms with van der Waals surface area (Å²) in [5, 5.41) is 0. The van der Waals surface area contributed by atoms with Gasteiger partial charge in [0.15, 0.2) is 0 Å². The van der Waals surface area contributed by atoms with Gasteiger partial charge in [0.1, 0.15) is 0 Å². The van der Waals surface area contributed by atoms with Crippen LogP contribution in [0.25, 0.3) is 0 Å². The number of anilines is 1. The number of hydrogen-bond donors (Lipinski definition) is 1. The van der Waals surface area contributed by atoms with E-state index in [0.717, 1.165) is 31.0 Å². The van der Waals surface area contributed by atoms with Gasteiger partial charge in [0, 0.05) is 5.69 Å². The highest BCUT2D eigenvalue weighted by Gasteiger charge is 2.32. The van der Waals surface area contributed by atoms with Crippen LogP contribution in [-0.2, 0) is 12.6 Å². The third kappa shape index (κ3) is 4.26. The lowest BCUT2D eigenvalue weighted by atomic mass is 10.0. The van der Waals surface area contributed by atoms with Crippen molar-refractivity contribution in [3.05, 3.63) is 29.3 Å². The summed E-state index contributed by atoms with van der Waals surface area (Å²) < 4.78 is 37.4. The van der Waals surface area contributed by atoms with Gasteiger partial charge in [-0.2, -0.15) is 13.2 Å². The number of rotatable bonds is 4. The number of halogens is 3. The Hall–Kier alpha value is -1.23. The van der Waals surface area contributed by atoms with Gasteiger partial charge in [-0.25, -0.2) is 0 Å². The van der Waals surface area contributed by atoms with E-state index in [1.807, 2.05) is 19.0 Å². The highest BCUT2D eigenvalue weighted by atomic mass is 19.4. The van der Waals surface area contributed by atoms with E-state index < -0.39 is 11.7 Å². The van der Waals surface area contributed by atoms with Crippen LogP contribution in [0.4, 0.5) is 18.9 Å². The SMILES string of the molecule is CN(C)CCCc1ccc(C(F)(F)F)c(N)c1. The quantitative estimate of drug-likeness (QED) is 0.828. The lowest BCUT2D eigenvalue weighted by molar-refractivity contribution is -0.136. The van der Waals surface area contributed by atoms with Crippen molar-refractivity contribution in [2.24, 2.45) is 0 Å². The van der Waals surface area contributed by atoms with E-state index in [0.29, 0.717) is 0 Å². The average molecular weight is 246 g/mol. The first kappa shape index (κ1) is 13.8. The first-order valence-corrected chi connectivity index (χ1v) is 5.41. The van der Waals surface area contributed by atoms with E-state index in [-0.39, 0.29) is 5.69 Å². The summed E-state index contributed by atoms with van der Waals surface area (Å²) in [4.78, 5) is 2.04. The maximum atomic E-state index is 12.5. The second-order valence-electron chi connectivity index (χ2n) is 4.33. The number of nitrogen functional groups attached to an aromatic ring is 1. The van der Waals surface area contributed by atoms with Crippen molar-refractivity contribution in [1.82, 2.24) is 4.90 Å². The van der Waals surface area contributed by atoms with Crippen molar-refractivity contribution in [3.63, 3.8) is 0 Å². The minimum absolute atomic E-state index is 0.195. The number of nitrogens with two attached hydrogens (primary N) is 1. The van der Waals surface area contributed by atoms with Crippen molar-refractivity contribution in [2.75, 3.05) is 26.4 Å². The van der Waals surface area contributed by atoms with E-state index in [2.05, 4.69) is 0 Å². The van der Waals surface area contributed by atoms with Crippen LogP contribution >= 0.6 is 0 Å². The number of benzene rings is 1.